The molecule has 0 spiro atoms. The number of hydrogen-bond donors (Lipinski definition) is 0. The summed E-state index contributed by atoms with van der Waals surface area (Å²) in [5, 5.41) is 0.428. The van der Waals surface area contributed by atoms with Gasteiger partial charge in [0.1, 0.15) is 0 Å². The molecule has 1 aliphatic rings. The number of esters is 1. The molecule has 0 N–H and O–H groups in total. The molecule has 1 rings (SSSR count). The van der Waals surface area contributed by atoms with Gasteiger partial charge in [0.2, 0.25) is 0 Å². The normalized spacial score (nSPS) is 19.2. The molecule has 0 atom stereocenters. The van der Waals surface area contributed by atoms with Crippen molar-refractivity contribution >= 4 is 23.2 Å². The van der Waals surface area contributed by atoms with Crippen molar-refractivity contribution in [2.45, 2.75) is 136 Å². The van der Waals surface area contributed by atoms with Crippen molar-refractivity contribution in [1.29, 1.82) is 0 Å². The average Bonchev–Trinajstić information content (AvgIpc) is 3.04. The van der Waals surface area contributed by atoms with Crippen LogP contribution in [0.1, 0.15) is 136 Å². The van der Waals surface area contributed by atoms with Crippen LogP contribution in [0.2, 0.25) is 0 Å². The van der Waals surface area contributed by atoms with E-state index in [2.05, 4.69) is 38.2 Å². The Bertz CT molecular complexity index is 505. The molecule has 1 saturated heterocycles. The minimum absolute atomic E-state index is 0.196. The number of carbonyl (C=O) groups is 1. The molecule has 1 aliphatic heterocycles. The van der Waals surface area contributed by atoms with Gasteiger partial charge < -0.3 is 4.74 Å². The molecule has 1 fully saturated rings. The summed E-state index contributed by atoms with van der Waals surface area (Å²) in [4.78, 5) is 11.9. The van der Waals surface area contributed by atoms with Crippen LogP contribution in [0.25, 0.3) is 0 Å². The van der Waals surface area contributed by atoms with Crippen LogP contribution < -0.4 is 0 Å². The molecule has 0 saturated carbocycles. The minimum atomic E-state index is -0.493. The Hall–Kier alpha value is -0.960. The number of unbranched alkanes of at least 4 members (excludes halogenated alkanes) is 16. The second-order valence-electron chi connectivity index (χ2n) is 9.31. The van der Waals surface area contributed by atoms with E-state index in [4.69, 9.17) is 17.0 Å². The summed E-state index contributed by atoms with van der Waals surface area (Å²) in [5.74, 6) is -0.196. The Kier molecular flexibility index (Phi) is 16.8. The zero-order valence-electron chi connectivity index (χ0n) is 20.5. The van der Waals surface area contributed by atoms with Crippen molar-refractivity contribution in [3.8, 4) is 0 Å². The van der Waals surface area contributed by atoms with Crippen LogP contribution in [-0.2, 0) is 9.53 Å². The Labute approximate surface area is 198 Å². The fourth-order valence-electron chi connectivity index (χ4n) is 4.23. The molecule has 0 unspecified atom stereocenters. The maximum absolute atomic E-state index is 11.9. The minimum Gasteiger partial charge on any atom is -0.418 e. The van der Waals surface area contributed by atoms with Gasteiger partial charge in [0.15, 0.2) is 5.05 Å². The lowest BCUT2D eigenvalue weighted by molar-refractivity contribution is -0.133. The van der Waals surface area contributed by atoms with Gasteiger partial charge in [-0.15, -0.1) is 0 Å². The number of rotatable bonds is 20. The van der Waals surface area contributed by atoms with Crippen molar-refractivity contribution in [1.82, 2.24) is 0 Å². The van der Waals surface area contributed by atoms with E-state index in [1.165, 1.54) is 103 Å². The molecule has 0 aliphatic carbocycles. The van der Waals surface area contributed by atoms with Gasteiger partial charge >= 0.3 is 5.97 Å². The topological polar surface area (TPSA) is 26.3 Å². The number of ether oxygens (including phenoxy) is 1. The molecule has 0 aromatic rings. The molecule has 3 heteroatoms. The Balaban J connectivity index is 2.28. The van der Waals surface area contributed by atoms with Crippen molar-refractivity contribution < 1.29 is 9.53 Å². The van der Waals surface area contributed by atoms with E-state index in [1.807, 2.05) is 0 Å². The number of carbonyl (C=O) groups excluding carboxylic acids is 1. The quantitative estimate of drug-likeness (QED) is 0.0802. The van der Waals surface area contributed by atoms with Crippen LogP contribution >= 0.6 is 12.2 Å². The highest BCUT2D eigenvalue weighted by atomic mass is 32.1. The third kappa shape index (κ3) is 13.2. The van der Waals surface area contributed by atoms with Crippen molar-refractivity contribution in [2.75, 3.05) is 0 Å². The highest BCUT2D eigenvalue weighted by Crippen LogP contribution is 2.36. The number of hydrogen-bond acceptors (Lipinski definition) is 3. The summed E-state index contributed by atoms with van der Waals surface area (Å²) in [6, 6.07) is 0. The zero-order valence-corrected chi connectivity index (χ0v) is 21.3. The first kappa shape index (κ1) is 28.1. The lowest BCUT2D eigenvalue weighted by Gasteiger charge is -2.17. The fraction of sp³-hybridized carbons (Fsp3) is 0.786. The van der Waals surface area contributed by atoms with Crippen LogP contribution in [0.3, 0.4) is 0 Å². The first-order valence-corrected chi connectivity index (χ1v) is 13.7. The monoisotopic (exact) mass is 448 g/mol. The summed E-state index contributed by atoms with van der Waals surface area (Å²) in [5.41, 5.74) is -0.493. The van der Waals surface area contributed by atoms with Crippen LogP contribution in [0, 0.1) is 5.41 Å². The summed E-state index contributed by atoms with van der Waals surface area (Å²) < 4.78 is 5.25. The Morgan fingerprint density at radius 3 is 1.45 bits per heavy atom. The predicted molar refractivity (Wildman–Crippen MR) is 138 cm³/mol. The van der Waals surface area contributed by atoms with Crippen LogP contribution in [0.15, 0.2) is 24.3 Å². The van der Waals surface area contributed by atoms with E-state index in [1.54, 1.807) is 0 Å². The second-order valence-corrected chi connectivity index (χ2v) is 9.68. The summed E-state index contributed by atoms with van der Waals surface area (Å²) in [6.07, 6.45) is 32.5. The molecular weight excluding hydrogens is 400 g/mol. The molecule has 0 amide bonds. The molecular formula is C28H48O2S. The van der Waals surface area contributed by atoms with E-state index in [0.29, 0.717) is 11.5 Å². The Morgan fingerprint density at radius 2 is 1.10 bits per heavy atom. The molecule has 31 heavy (non-hydrogen) atoms. The number of cyclic esters (lactones) is 1. The highest BCUT2D eigenvalue weighted by molar-refractivity contribution is 7.80. The van der Waals surface area contributed by atoms with Gasteiger partial charge in [0.25, 0.3) is 0 Å². The van der Waals surface area contributed by atoms with Gasteiger partial charge in [-0.1, -0.05) is 128 Å². The molecule has 0 aromatic heterocycles. The first-order chi connectivity index (χ1) is 15.1. The van der Waals surface area contributed by atoms with E-state index < -0.39 is 5.41 Å². The standard InChI is InChI=1S/C28H48O2S/c1-3-5-7-9-11-13-15-17-19-21-23-28(25-26(29)30-27(28)31)24-22-20-18-16-14-12-10-8-6-4-2/h21-24H,3-20,25H2,1-2H3. The lowest BCUT2D eigenvalue weighted by atomic mass is 9.85. The van der Waals surface area contributed by atoms with Gasteiger partial charge in [0, 0.05) is 0 Å². The van der Waals surface area contributed by atoms with Crippen molar-refractivity contribution in [3.05, 3.63) is 24.3 Å². The van der Waals surface area contributed by atoms with E-state index in [-0.39, 0.29) is 5.97 Å². The molecule has 178 valence electrons. The molecule has 0 bridgehead atoms. The molecule has 0 aromatic carbocycles. The molecule has 1 heterocycles. The second kappa shape index (κ2) is 18.6. The maximum atomic E-state index is 11.9. The van der Waals surface area contributed by atoms with Gasteiger partial charge in [-0.25, -0.2) is 0 Å². The summed E-state index contributed by atoms with van der Waals surface area (Å²) in [6.45, 7) is 4.53. The molecule has 0 radical (unpaired) electrons. The lowest BCUT2D eigenvalue weighted by Crippen LogP contribution is -2.19. The van der Waals surface area contributed by atoms with Crippen LogP contribution in [0.5, 0.6) is 0 Å². The van der Waals surface area contributed by atoms with Gasteiger partial charge in [-0.05, 0) is 37.9 Å². The summed E-state index contributed by atoms with van der Waals surface area (Å²) in [7, 11) is 0. The SMILES string of the molecule is CCCCCCCCCCC=CC1(C=CCCCCCCCCCC)CC(=O)OC1=S. The van der Waals surface area contributed by atoms with Gasteiger partial charge in [-0.3, -0.25) is 4.79 Å². The van der Waals surface area contributed by atoms with E-state index >= 15 is 0 Å². The smallest absolute Gasteiger partial charge is 0.313 e. The maximum Gasteiger partial charge on any atom is 0.313 e. The average molecular weight is 449 g/mol. The van der Waals surface area contributed by atoms with Gasteiger partial charge in [0.05, 0.1) is 11.8 Å². The molecule has 2 nitrogen and oxygen atoms in total. The number of allylic oxidation sites excluding steroid dienone is 2. The van der Waals surface area contributed by atoms with Crippen molar-refractivity contribution in [3.63, 3.8) is 0 Å². The Morgan fingerprint density at radius 1 is 0.710 bits per heavy atom. The van der Waals surface area contributed by atoms with Crippen LogP contribution in [-0.4, -0.2) is 11.0 Å². The zero-order chi connectivity index (χ0) is 22.6. The third-order valence-electron chi connectivity index (χ3n) is 6.30. The largest absolute Gasteiger partial charge is 0.418 e. The van der Waals surface area contributed by atoms with E-state index in [0.717, 1.165) is 12.8 Å². The van der Waals surface area contributed by atoms with Crippen molar-refractivity contribution in [2.24, 2.45) is 5.41 Å². The fourth-order valence-corrected chi connectivity index (χ4v) is 4.54. The summed E-state index contributed by atoms with van der Waals surface area (Å²) >= 11 is 5.42. The predicted octanol–water partition coefficient (Wildman–Crippen LogP) is 9.42. The van der Waals surface area contributed by atoms with Crippen LogP contribution in [0.4, 0.5) is 0 Å². The number of thiocarbonyl (C=S) groups is 1. The van der Waals surface area contributed by atoms with Gasteiger partial charge in [-0.2, -0.15) is 0 Å². The third-order valence-corrected chi connectivity index (χ3v) is 6.77. The highest BCUT2D eigenvalue weighted by Gasteiger charge is 2.41. The van der Waals surface area contributed by atoms with E-state index in [9.17, 15) is 4.79 Å². The first-order valence-electron chi connectivity index (χ1n) is 13.2.